The Morgan fingerprint density at radius 1 is 0.923 bits per heavy atom. The highest BCUT2D eigenvalue weighted by molar-refractivity contribution is 6.34. The lowest BCUT2D eigenvalue weighted by Gasteiger charge is -2.42. The van der Waals surface area contributed by atoms with Gasteiger partial charge in [-0.25, -0.2) is 0 Å². The fraction of sp³-hybridized carbons (Fsp3) is 0.261. The molecule has 1 saturated heterocycles. The monoisotopic (exact) mass is 342 g/mol. The topological polar surface area (TPSA) is 23.6 Å². The number of ketones is 1. The van der Waals surface area contributed by atoms with Crippen LogP contribution in [-0.4, -0.2) is 41.4 Å². The van der Waals surface area contributed by atoms with Gasteiger partial charge in [0.05, 0.1) is 17.3 Å². The first-order valence-corrected chi connectivity index (χ1v) is 9.19. The van der Waals surface area contributed by atoms with Gasteiger partial charge in [0.15, 0.2) is 5.66 Å². The molecule has 2 aromatic rings. The molecule has 0 bridgehead atoms. The first kappa shape index (κ1) is 15.6. The fourth-order valence-corrected chi connectivity index (χ4v) is 4.83. The summed E-state index contributed by atoms with van der Waals surface area (Å²) >= 11 is 0. The molecule has 3 nitrogen and oxygen atoms in total. The second-order valence-corrected chi connectivity index (χ2v) is 7.61. The molecule has 1 fully saturated rings. The molecule has 5 rings (SSSR count). The minimum Gasteiger partial charge on any atom is -0.338 e. The minimum absolute atomic E-state index is 0.226. The van der Waals surface area contributed by atoms with Crippen LogP contribution in [0.4, 0.5) is 0 Å². The summed E-state index contributed by atoms with van der Waals surface area (Å²) in [5.41, 5.74) is 3.46. The summed E-state index contributed by atoms with van der Waals surface area (Å²) in [6.45, 7) is 0. The average Bonchev–Trinajstić information content (AvgIpc) is 3.03. The van der Waals surface area contributed by atoms with E-state index in [0.29, 0.717) is 12.0 Å². The predicted molar refractivity (Wildman–Crippen MR) is 104 cm³/mol. The van der Waals surface area contributed by atoms with E-state index in [-0.39, 0.29) is 5.78 Å². The molecule has 0 spiro atoms. The van der Waals surface area contributed by atoms with Crippen LogP contribution in [-0.2, 0) is 4.79 Å². The fourth-order valence-electron chi connectivity index (χ4n) is 4.83. The van der Waals surface area contributed by atoms with Crippen LogP contribution in [0, 0.1) is 5.92 Å². The van der Waals surface area contributed by atoms with E-state index in [9.17, 15) is 4.79 Å². The van der Waals surface area contributed by atoms with Crippen molar-refractivity contribution in [2.45, 2.75) is 18.1 Å². The van der Waals surface area contributed by atoms with E-state index in [4.69, 9.17) is 0 Å². The number of hydrogen-bond acceptors (Lipinski definition) is 3. The molecule has 2 aromatic carbocycles. The molecule has 26 heavy (non-hydrogen) atoms. The molecule has 3 heteroatoms. The largest absolute Gasteiger partial charge is 0.338 e. The van der Waals surface area contributed by atoms with Crippen LogP contribution < -0.4 is 0 Å². The van der Waals surface area contributed by atoms with Crippen molar-refractivity contribution in [2.75, 3.05) is 14.1 Å². The van der Waals surface area contributed by atoms with Gasteiger partial charge in [0.25, 0.3) is 0 Å². The van der Waals surface area contributed by atoms with Crippen LogP contribution in [0.1, 0.15) is 17.5 Å². The van der Waals surface area contributed by atoms with Crippen molar-refractivity contribution >= 4 is 17.1 Å². The second kappa shape index (κ2) is 5.42. The number of rotatable bonds is 3. The van der Waals surface area contributed by atoms with Gasteiger partial charge in [-0.1, -0.05) is 72.8 Å². The predicted octanol–water partition coefficient (Wildman–Crippen LogP) is 3.66. The molecule has 1 aliphatic carbocycles. The smallest absolute Gasteiger partial charge is 0.206 e. The Morgan fingerprint density at radius 2 is 1.54 bits per heavy atom. The van der Waals surface area contributed by atoms with Gasteiger partial charge >= 0.3 is 0 Å². The van der Waals surface area contributed by atoms with Crippen molar-refractivity contribution in [1.29, 1.82) is 0 Å². The molecule has 2 aliphatic heterocycles. The maximum Gasteiger partial charge on any atom is 0.206 e. The SMILES string of the molecule is CN(C)[C@]12C[C@H]3C=C[C@H]3N1C(c1ccccc1)=C(c1ccccc1)C2=O. The van der Waals surface area contributed by atoms with Crippen molar-refractivity contribution in [1.82, 2.24) is 9.80 Å². The van der Waals surface area contributed by atoms with E-state index < -0.39 is 5.66 Å². The summed E-state index contributed by atoms with van der Waals surface area (Å²) in [6.07, 6.45) is 5.36. The van der Waals surface area contributed by atoms with E-state index in [1.807, 2.05) is 38.4 Å². The van der Waals surface area contributed by atoms with E-state index in [1.54, 1.807) is 0 Å². The number of Topliss-reactive ketones (excluding diaryl/α,β-unsaturated/α-hetero) is 1. The van der Waals surface area contributed by atoms with Crippen LogP contribution in [0.2, 0.25) is 0 Å². The standard InChI is InChI=1S/C23H22N2O/c1-24(2)23-15-18-13-14-19(18)25(23)21(17-11-7-4-8-12-17)20(22(23)26)16-9-5-3-6-10-16/h3-14,18-19H,15H2,1-2H3/t18-,19-,23-/m1/s1. The van der Waals surface area contributed by atoms with Crippen LogP contribution in [0.15, 0.2) is 72.8 Å². The third kappa shape index (κ3) is 1.84. The first-order valence-electron chi connectivity index (χ1n) is 9.19. The normalized spacial score (nSPS) is 29.2. The molecule has 0 N–H and O–H groups in total. The lowest BCUT2D eigenvalue weighted by atomic mass is 9.84. The van der Waals surface area contributed by atoms with Gasteiger partial charge in [0.1, 0.15) is 0 Å². The summed E-state index contributed by atoms with van der Waals surface area (Å²) in [5, 5.41) is 0. The van der Waals surface area contributed by atoms with Crippen LogP contribution in [0.25, 0.3) is 11.3 Å². The Hall–Kier alpha value is -2.65. The van der Waals surface area contributed by atoms with Crippen molar-refractivity contribution in [3.05, 3.63) is 83.9 Å². The molecular formula is C23H22N2O. The van der Waals surface area contributed by atoms with Gasteiger partial charge in [-0.05, 0) is 25.2 Å². The molecule has 130 valence electrons. The summed E-state index contributed by atoms with van der Waals surface area (Å²) in [4.78, 5) is 18.4. The van der Waals surface area contributed by atoms with Crippen LogP contribution in [0.5, 0.6) is 0 Å². The summed E-state index contributed by atoms with van der Waals surface area (Å²) in [7, 11) is 4.07. The number of hydrogen-bond donors (Lipinski definition) is 0. The Labute approximate surface area is 154 Å². The van der Waals surface area contributed by atoms with Gasteiger partial charge < -0.3 is 4.90 Å². The molecule has 0 amide bonds. The molecule has 3 aliphatic rings. The Morgan fingerprint density at radius 3 is 2.08 bits per heavy atom. The Bertz CT molecular complexity index is 929. The highest BCUT2D eigenvalue weighted by Gasteiger charge is 2.63. The zero-order chi connectivity index (χ0) is 17.9. The first-order chi connectivity index (χ1) is 12.6. The van der Waals surface area contributed by atoms with Gasteiger partial charge in [0.2, 0.25) is 5.78 Å². The zero-order valence-corrected chi connectivity index (χ0v) is 15.1. The highest BCUT2D eigenvalue weighted by atomic mass is 16.1. The van der Waals surface area contributed by atoms with E-state index in [0.717, 1.165) is 28.8 Å². The minimum atomic E-state index is -0.588. The highest BCUT2D eigenvalue weighted by Crippen LogP contribution is 2.56. The summed E-state index contributed by atoms with van der Waals surface area (Å²) < 4.78 is 0. The molecule has 2 heterocycles. The maximum atomic E-state index is 13.9. The van der Waals surface area contributed by atoms with Gasteiger partial charge in [-0.15, -0.1) is 0 Å². The summed E-state index contributed by atoms with van der Waals surface area (Å²) in [6, 6.07) is 20.8. The van der Waals surface area contributed by atoms with Crippen molar-refractivity contribution in [2.24, 2.45) is 5.92 Å². The lowest BCUT2D eigenvalue weighted by Crippen LogP contribution is -2.57. The van der Waals surface area contributed by atoms with Crippen molar-refractivity contribution in [3.8, 4) is 0 Å². The lowest BCUT2D eigenvalue weighted by molar-refractivity contribution is -0.128. The number of fused-ring (bicyclic) bond motifs is 3. The van der Waals surface area contributed by atoms with Crippen LogP contribution >= 0.6 is 0 Å². The number of carbonyl (C=O) groups is 1. The van der Waals surface area contributed by atoms with E-state index in [2.05, 4.69) is 58.4 Å². The average molecular weight is 342 g/mol. The quantitative estimate of drug-likeness (QED) is 0.796. The number of likely N-dealkylation sites (N-methyl/N-ethyl adjacent to an activating group) is 1. The third-order valence-electron chi connectivity index (χ3n) is 6.13. The van der Waals surface area contributed by atoms with E-state index in [1.165, 1.54) is 0 Å². The van der Waals surface area contributed by atoms with Gasteiger partial charge in [-0.2, -0.15) is 0 Å². The molecule has 0 saturated carbocycles. The number of carbonyl (C=O) groups excluding carboxylic acids is 1. The zero-order valence-electron chi connectivity index (χ0n) is 15.1. The Balaban J connectivity index is 1.80. The third-order valence-corrected chi connectivity index (χ3v) is 6.13. The van der Waals surface area contributed by atoms with Crippen molar-refractivity contribution in [3.63, 3.8) is 0 Å². The maximum absolute atomic E-state index is 13.9. The van der Waals surface area contributed by atoms with Crippen molar-refractivity contribution < 1.29 is 4.79 Å². The second-order valence-electron chi connectivity index (χ2n) is 7.61. The van der Waals surface area contributed by atoms with Gasteiger partial charge in [0, 0.05) is 12.3 Å². The molecule has 3 atom stereocenters. The van der Waals surface area contributed by atoms with E-state index >= 15 is 0 Å². The van der Waals surface area contributed by atoms with Gasteiger partial charge in [-0.3, -0.25) is 9.69 Å². The molecule has 0 aromatic heterocycles. The van der Waals surface area contributed by atoms with Crippen LogP contribution in [0.3, 0.4) is 0 Å². The Kier molecular flexibility index (Phi) is 3.25. The molecule has 0 unspecified atom stereocenters. The number of benzene rings is 2. The molecule has 0 radical (unpaired) electrons. The number of nitrogens with zero attached hydrogens (tertiary/aromatic N) is 2. The summed E-state index contributed by atoms with van der Waals surface area (Å²) in [5.74, 6) is 0.682. The molecular weight excluding hydrogens is 320 g/mol.